The van der Waals surface area contributed by atoms with E-state index in [9.17, 15) is 0 Å². The third-order valence-electron chi connectivity index (χ3n) is 3.71. The van der Waals surface area contributed by atoms with E-state index >= 15 is 0 Å². The summed E-state index contributed by atoms with van der Waals surface area (Å²) in [7, 11) is -1.59. The molecule has 1 N–H and O–H groups in total. The lowest BCUT2D eigenvalue weighted by Crippen LogP contribution is -2.40. The van der Waals surface area contributed by atoms with E-state index in [2.05, 4.69) is 56.0 Å². The van der Waals surface area contributed by atoms with Crippen LogP contribution in [-0.4, -0.2) is 24.9 Å². The van der Waals surface area contributed by atoms with E-state index in [1.165, 1.54) is 0 Å². The molecule has 4 heteroatoms. The average molecular weight is 266 g/mol. The van der Waals surface area contributed by atoms with Gasteiger partial charge in [0.25, 0.3) is 0 Å². The van der Waals surface area contributed by atoms with Crippen LogP contribution in [0.2, 0.25) is 18.1 Å². The van der Waals surface area contributed by atoms with Crippen LogP contribution < -0.4 is 0 Å². The summed E-state index contributed by atoms with van der Waals surface area (Å²) in [5, 5.41) is 0.288. The highest BCUT2D eigenvalue weighted by atomic mass is 28.4. The molecule has 0 saturated heterocycles. The first-order valence-electron chi connectivity index (χ1n) is 6.54. The van der Waals surface area contributed by atoms with Crippen molar-refractivity contribution in [3.63, 3.8) is 0 Å². The molecule has 0 spiro atoms. The first-order chi connectivity index (χ1) is 8.24. The van der Waals surface area contributed by atoms with Gasteiger partial charge in [0.15, 0.2) is 8.32 Å². The lowest BCUT2D eigenvalue weighted by atomic mass is 10.2. The first kappa shape index (κ1) is 15.2. The molecule has 0 unspecified atom stereocenters. The van der Waals surface area contributed by atoms with Gasteiger partial charge in [-0.05, 0) is 37.6 Å². The Labute approximate surface area is 112 Å². The highest BCUT2D eigenvalue weighted by Crippen LogP contribution is 2.36. The van der Waals surface area contributed by atoms with Crippen LogP contribution in [0.5, 0.6) is 0 Å². The molecule has 1 heterocycles. The molecule has 0 aromatic carbocycles. The molecule has 0 bridgehead atoms. The SMILES string of the molecule is Cc1nc[nH]c1/C=C/CCO[Si](C)(C)C(C)(C)C. The van der Waals surface area contributed by atoms with Gasteiger partial charge in [0.1, 0.15) is 0 Å². The van der Waals surface area contributed by atoms with Crippen LogP contribution in [-0.2, 0) is 4.43 Å². The predicted octanol–water partition coefficient (Wildman–Crippen LogP) is 4.14. The van der Waals surface area contributed by atoms with Crippen molar-refractivity contribution in [2.24, 2.45) is 0 Å². The lowest BCUT2D eigenvalue weighted by Gasteiger charge is -2.36. The van der Waals surface area contributed by atoms with Crippen LogP contribution in [0.25, 0.3) is 6.08 Å². The van der Waals surface area contributed by atoms with Crippen molar-refractivity contribution >= 4 is 14.4 Å². The molecule has 0 saturated carbocycles. The van der Waals surface area contributed by atoms with Gasteiger partial charge in [0.2, 0.25) is 0 Å². The van der Waals surface area contributed by atoms with Gasteiger partial charge < -0.3 is 9.41 Å². The number of rotatable bonds is 5. The molecular weight excluding hydrogens is 240 g/mol. The van der Waals surface area contributed by atoms with Gasteiger partial charge in [-0.2, -0.15) is 0 Å². The molecule has 0 aliphatic carbocycles. The van der Waals surface area contributed by atoms with Gasteiger partial charge in [0, 0.05) is 6.61 Å². The van der Waals surface area contributed by atoms with Crippen LogP contribution in [0.3, 0.4) is 0 Å². The number of aromatic amines is 1. The fourth-order valence-corrected chi connectivity index (χ4v) is 2.40. The highest BCUT2D eigenvalue weighted by molar-refractivity contribution is 6.74. The maximum absolute atomic E-state index is 6.11. The summed E-state index contributed by atoms with van der Waals surface area (Å²) in [6.45, 7) is 14.2. The summed E-state index contributed by atoms with van der Waals surface area (Å²) < 4.78 is 6.11. The zero-order valence-electron chi connectivity index (χ0n) is 12.5. The lowest BCUT2D eigenvalue weighted by molar-refractivity contribution is 0.294. The summed E-state index contributed by atoms with van der Waals surface area (Å²) in [6.07, 6.45) is 6.90. The molecule has 0 aliphatic heterocycles. The van der Waals surface area contributed by atoms with E-state index in [1.54, 1.807) is 6.33 Å². The Hall–Kier alpha value is -0.873. The maximum atomic E-state index is 6.11. The molecular formula is C14H26N2OSi. The van der Waals surface area contributed by atoms with Crippen LogP contribution in [0, 0.1) is 6.92 Å². The zero-order valence-corrected chi connectivity index (χ0v) is 13.5. The van der Waals surface area contributed by atoms with E-state index in [-0.39, 0.29) is 5.04 Å². The van der Waals surface area contributed by atoms with E-state index in [1.807, 2.05) is 6.92 Å². The molecule has 0 fully saturated rings. The third-order valence-corrected chi connectivity index (χ3v) is 8.24. The Kier molecular flexibility index (Phi) is 4.93. The van der Waals surface area contributed by atoms with Crippen molar-refractivity contribution in [3.05, 3.63) is 23.8 Å². The van der Waals surface area contributed by atoms with Crippen molar-refractivity contribution in [1.29, 1.82) is 0 Å². The van der Waals surface area contributed by atoms with Crippen molar-refractivity contribution in [1.82, 2.24) is 9.97 Å². The molecule has 102 valence electrons. The monoisotopic (exact) mass is 266 g/mol. The number of aromatic nitrogens is 2. The molecule has 1 aromatic rings. The fraction of sp³-hybridized carbons (Fsp3) is 0.643. The standard InChI is InChI=1S/C14H26N2OSi/c1-12-13(16-11-15-12)9-7-8-10-17-18(5,6)14(2,3)4/h7,9,11H,8,10H2,1-6H3,(H,15,16)/b9-7+. The summed E-state index contributed by atoms with van der Waals surface area (Å²) in [6, 6.07) is 0. The van der Waals surface area contributed by atoms with Crippen molar-refractivity contribution in [3.8, 4) is 0 Å². The maximum Gasteiger partial charge on any atom is 0.191 e. The number of hydrogen-bond acceptors (Lipinski definition) is 2. The van der Waals surface area contributed by atoms with Gasteiger partial charge >= 0.3 is 0 Å². The smallest absolute Gasteiger partial charge is 0.191 e. The Morgan fingerprint density at radius 3 is 2.56 bits per heavy atom. The minimum Gasteiger partial charge on any atom is -0.417 e. The molecule has 0 radical (unpaired) electrons. The first-order valence-corrected chi connectivity index (χ1v) is 9.45. The number of nitrogens with zero attached hydrogens (tertiary/aromatic N) is 1. The highest BCUT2D eigenvalue weighted by Gasteiger charge is 2.36. The second-order valence-corrected chi connectivity index (χ2v) is 11.0. The average Bonchev–Trinajstić information content (AvgIpc) is 2.62. The number of aryl methyl sites for hydroxylation is 1. The summed E-state index contributed by atoms with van der Waals surface area (Å²) >= 11 is 0. The van der Waals surface area contributed by atoms with Gasteiger partial charge in [-0.3, -0.25) is 0 Å². The van der Waals surface area contributed by atoms with E-state index in [0.29, 0.717) is 0 Å². The number of hydrogen-bond donors (Lipinski definition) is 1. The van der Waals surface area contributed by atoms with Crippen LogP contribution >= 0.6 is 0 Å². The van der Waals surface area contributed by atoms with Gasteiger partial charge in [-0.25, -0.2) is 4.98 Å². The summed E-state index contributed by atoms with van der Waals surface area (Å²) in [4.78, 5) is 7.26. The second-order valence-electron chi connectivity index (χ2n) is 6.20. The Bertz CT molecular complexity index is 402. The fourth-order valence-electron chi connectivity index (χ4n) is 1.34. The van der Waals surface area contributed by atoms with Crippen LogP contribution in [0.1, 0.15) is 38.6 Å². The van der Waals surface area contributed by atoms with Crippen molar-refractivity contribution < 1.29 is 4.43 Å². The minimum absolute atomic E-state index is 0.288. The Morgan fingerprint density at radius 1 is 1.39 bits per heavy atom. The molecule has 0 atom stereocenters. The molecule has 0 amide bonds. The molecule has 1 rings (SSSR count). The Morgan fingerprint density at radius 2 is 2.06 bits per heavy atom. The van der Waals surface area contributed by atoms with Crippen molar-refractivity contribution in [2.75, 3.05) is 6.61 Å². The summed E-state index contributed by atoms with van der Waals surface area (Å²) in [5.74, 6) is 0. The zero-order chi connectivity index (χ0) is 13.8. The third kappa shape index (κ3) is 4.10. The number of imidazole rings is 1. The van der Waals surface area contributed by atoms with E-state index in [0.717, 1.165) is 24.4 Å². The molecule has 1 aromatic heterocycles. The quantitative estimate of drug-likeness (QED) is 0.642. The Balaban J connectivity index is 2.36. The molecule has 3 nitrogen and oxygen atoms in total. The molecule has 0 aliphatic rings. The van der Waals surface area contributed by atoms with Gasteiger partial charge in [-0.15, -0.1) is 0 Å². The predicted molar refractivity (Wildman–Crippen MR) is 80.1 cm³/mol. The van der Waals surface area contributed by atoms with E-state index in [4.69, 9.17) is 4.43 Å². The summed E-state index contributed by atoms with van der Waals surface area (Å²) in [5.41, 5.74) is 2.12. The minimum atomic E-state index is -1.59. The normalized spacial score (nSPS) is 13.4. The van der Waals surface area contributed by atoms with Gasteiger partial charge in [0.05, 0.1) is 17.7 Å². The van der Waals surface area contributed by atoms with Crippen LogP contribution in [0.15, 0.2) is 12.4 Å². The van der Waals surface area contributed by atoms with Crippen molar-refractivity contribution in [2.45, 2.75) is 52.2 Å². The molecule has 18 heavy (non-hydrogen) atoms. The number of H-pyrrole nitrogens is 1. The van der Waals surface area contributed by atoms with Gasteiger partial charge in [-0.1, -0.05) is 26.8 Å². The van der Waals surface area contributed by atoms with E-state index < -0.39 is 8.32 Å². The topological polar surface area (TPSA) is 37.9 Å². The second kappa shape index (κ2) is 5.84. The largest absolute Gasteiger partial charge is 0.417 e. The number of nitrogens with one attached hydrogen (secondary N) is 1. The van der Waals surface area contributed by atoms with Crippen LogP contribution in [0.4, 0.5) is 0 Å².